The summed E-state index contributed by atoms with van der Waals surface area (Å²) >= 11 is 0. The smallest absolute Gasteiger partial charge is 0.246 e. The van der Waals surface area contributed by atoms with Crippen LogP contribution in [0, 0.1) is 6.92 Å². The Hall–Kier alpha value is -2.63. The number of aromatic nitrogens is 1. The largest absolute Gasteiger partial charge is 0.492 e. The van der Waals surface area contributed by atoms with Crippen molar-refractivity contribution in [2.24, 2.45) is 0 Å². The lowest BCUT2D eigenvalue weighted by molar-refractivity contribution is -0.114. The van der Waals surface area contributed by atoms with Crippen LogP contribution >= 0.6 is 0 Å². The summed E-state index contributed by atoms with van der Waals surface area (Å²) in [5, 5.41) is 9.20. The third-order valence-electron chi connectivity index (χ3n) is 4.19. The standard InChI is InChI=1S/C18H24N4O6S/c1-3-27-16-5-4-14(29(24,25)22-6-8-26-9-7-22)11-15(16)19-12-17(23)20-18-10-13(2)21-28-18/h4-5,10-11,19H,3,6-9,12H2,1-2H3,(H,20,23). The second-order valence-corrected chi connectivity index (χ2v) is 8.28. The van der Waals surface area contributed by atoms with E-state index in [0.29, 0.717) is 50.0 Å². The number of benzene rings is 1. The van der Waals surface area contributed by atoms with Crippen molar-refractivity contribution in [1.82, 2.24) is 9.46 Å². The van der Waals surface area contributed by atoms with E-state index >= 15 is 0 Å². The van der Waals surface area contributed by atoms with Crippen LogP contribution in [0.15, 0.2) is 33.7 Å². The summed E-state index contributed by atoms with van der Waals surface area (Å²) in [7, 11) is -3.67. The third-order valence-corrected chi connectivity index (χ3v) is 6.08. The average Bonchev–Trinajstić information content (AvgIpc) is 3.12. The topological polar surface area (TPSA) is 123 Å². The molecule has 10 nitrogen and oxygen atoms in total. The molecular weight excluding hydrogens is 400 g/mol. The number of anilines is 2. The number of carbonyl (C=O) groups is 1. The molecular formula is C18H24N4O6S. The van der Waals surface area contributed by atoms with E-state index in [4.69, 9.17) is 14.0 Å². The monoisotopic (exact) mass is 424 g/mol. The lowest BCUT2D eigenvalue weighted by atomic mass is 10.3. The second kappa shape index (κ2) is 9.25. The molecule has 0 spiro atoms. The van der Waals surface area contributed by atoms with Gasteiger partial charge in [0.2, 0.25) is 21.8 Å². The molecule has 2 heterocycles. The SMILES string of the molecule is CCOc1ccc(S(=O)(=O)N2CCOCC2)cc1NCC(=O)Nc1cc(C)no1. The zero-order chi connectivity index (χ0) is 20.9. The minimum atomic E-state index is -3.67. The van der Waals surface area contributed by atoms with E-state index in [2.05, 4.69) is 15.8 Å². The minimum Gasteiger partial charge on any atom is -0.492 e. The van der Waals surface area contributed by atoms with Crippen LogP contribution in [-0.4, -0.2) is 63.2 Å². The molecule has 0 atom stereocenters. The van der Waals surface area contributed by atoms with Crippen LogP contribution in [0.2, 0.25) is 0 Å². The van der Waals surface area contributed by atoms with Crippen LogP contribution in [0.1, 0.15) is 12.6 Å². The van der Waals surface area contributed by atoms with E-state index in [1.54, 1.807) is 19.1 Å². The van der Waals surface area contributed by atoms with Gasteiger partial charge in [0.1, 0.15) is 5.75 Å². The highest BCUT2D eigenvalue weighted by Crippen LogP contribution is 2.29. The summed E-state index contributed by atoms with van der Waals surface area (Å²) in [6, 6.07) is 6.15. The fraction of sp³-hybridized carbons (Fsp3) is 0.444. The molecule has 3 rings (SSSR count). The van der Waals surface area contributed by atoms with E-state index in [1.165, 1.54) is 16.4 Å². The Morgan fingerprint density at radius 2 is 2.03 bits per heavy atom. The number of sulfonamides is 1. The molecule has 1 saturated heterocycles. The Balaban J connectivity index is 1.75. The molecule has 1 aliphatic rings. The van der Waals surface area contributed by atoms with Crippen molar-refractivity contribution in [2.45, 2.75) is 18.7 Å². The predicted octanol–water partition coefficient (Wildman–Crippen LogP) is 1.45. The van der Waals surface area contributed by atoms with E-state index in [9.17, 15) is 13.2 Å². The first-order chi connectivity index (χ1) is 13.9. The van der Waals surface area contributed by atoms with Gasteiger partial charge < -0.3 is 19.3 Å². The van der Waals surface area contributed by atoms with E-state index in [0.717, 1.165) is 0 Å². The Bertz CT molecular complexity index is 953. The van der Waals surface area contributed by atoms with E-state index in [-0.39, 0.29) is 23.2 Å². The summed E-state index contributed by atoms with van der Waals surface area (Å²) in [5.41, 5.74) is 1.05. The van der Waals surface area contributed by atoms with E-state index < -0.39 is 10.0 Å². The molecule has 0 bridgehead atoms. The Morgan fingerprint density at radius 3 is 2.69 bits per heavy atom. The average molecular weight is 424 g/mol. The summed E-state index contributed by atoms with van der Waals surface area (Å²) in [6.07, 6.45) is 0. The number of ether oxygens (including phenoxy) is 2. The maximum atomic E-state index is 12.9. The van der Waals surface area contributed by atoms with Gasteiger partial charge in [-0.25, -0.2) is 8.42 Å². The molecule has 1 aromatic carbocycles. The van der Waals surface area contributed by atoms with Gasteiger partial charge in [-0.1, -0.05) is 5.16 Å². The molecule has 0 radical (unpaired) electrons. The number of hydrogen-bond donors (Lipinski definition) is 2. The number of aryl methyl sites for hydroxylation is 1. The molecule has 2 N–H and O–H groups in total. The van der Waals surface area contributed by atoms with Crippen molar-refractivity contribution < 1.29 is 27.2 Å². The first kappa shape index (κ1) is 21.1. The number of morpholine rings is 1. The van der Waals surface area contributed by atoms with Gasteiger partial charge >= 0.3 is 0 Å². The van der Waals surface area contributed by atoms with Crippen LogP contribution in [0.3, 0.4) is 0 Å². The molecule has 1 aliphatic heterocycles. The fourth-order valence-corrected chi connectivity index (χ4v) is 4.24. The predicted molar refractivity (Wildman–Crippen MR) is 106 cm³/mol. The molecule has 0 saturated carbocycles. The maximum Gasteiger partial charge on any atom is 0.246 e. The molecule has 0 aliphatic carbocycles. The van der Waals surface area contributed by atoms with Crippen molar-refractivity contribution in [2.75, 3.05) is 50.1 Å². The number of amides is 1. The number of carbonyl (C=O) groups excluding carboxylic acids is 1. The van der Waals surface area contributed by atoms with Crippen molar-refractivity contribution in [3.8, 4) is 5.75 Å². The quantitative estimate of drug-likeness (QED) is 0.653. The maximum absolute atomic E-state index is 12.9. The van der Waals surface area contributed by atoms with Crippen molar-refractivity contribution >= 4 is 27.5 Å². The molecule has 29 heavy (non-hydrogen) atoms. The molecule has 158 valence electrons. The van der Waals surface area contributed by atoms with Gasteiger partial charge in [0.05, 0.1) is 42.6 Å². The summed E-state index contributed by atoms with van der Waals surface area (Å²) < 4.78 is 42.9. The third kappa shape index (κ3) is 5.25. The number of nitrogens with zero attached hydrogens (tertiary/aromatic N) is 2. The summed E-state index contributed by atoms with van der Waals surface area (Å²) in [4.78, 5) is 12.3. The van der Waals surface area contributed by atoms with Crippen molar-refractivity contribution in [3.05, 3.63) is 30.0 Å². The first-order valence-corrected chi connectivity index (χ1v) is 10.7. The van der Waals surface area contributed by atoms with Gasteiger partial charge in [-0.15, -0.1) is 0 Å². The molecule has 1 aromatic heterocycles. The van der Waals surface area contributed by atoms with Gasteiger partial charge in [0.15, 0.2) is 0 Å². The van der Waals surface area contributed by atoms with Crippen LogP contribution in [0.25, 0.3) is 0 Å². The van der Waals surface area contributed by atoms with Crippen LogP contribution in [0.5, 0.6) is 5.75 Å². The van der Waals surface area contributed by atoms with Crippen LogP contribution < -0.4 is 15.4 Å². The van der Waals surface area contributed by atoms with Gasteiger partial charge in [-0.3, -0.25) is 10.1 Å². The van der Waals surface area contributed by atoms with Crippen LogP contribution in [0.4, 0.5) is 11.6 Å². The highest BCUT2D eigenvalue weighted by atomic mass is 32.2. The van der Waals surface area contributed by atoms with E-state index in [1.807, 2.05) is 6.92 Å². The highest BCUT2D eigenvalue weighted by Gasteiger charge is 2.27. The Morgan fingerprint density at radius 1 is 1.28 bits per heavy atom. The minimum absolute atomic E-state index is 0.110. The summed E-state index contributed by atoms with van der Waals surface area (Å²) in [5.74, 6) is 0.324. The van der Waals surface area contributed by atoms with Crippen molar-refractivity contribution in [1.29, 1.82) is 0 Å². The normalized spacial score (nSPS) is 15.1. The first-order valence-electron chi connectivity index (χ1n) is 9.22. The van der Waals surface area contributed by atoms with Crippen molar-refractivity contribution in [3.63, 3.8) is 0 Å². The Labute approximate surface area is 169 Å². The lowest BCUT2D eigenvalue weighted by Crippen LogP contribution is -2.40. The lowest BCUT2D eigenvalue weighted by Gasteiger charge is -2.26. The fourth-order valence-electron chi connectivity index (χ4n) is 2.80. The highest BCUT2D eigenvalue weighted by molar-refractivity contribution is 7.89. The second-order valence-electron chi connectivity index (χ2n) is 6.34. The molecule has 11 heteroatoms. The summed E-state index contributed by atoms with van der Waals surface area (Å²) in [6.45, 7) is 5.18. The molecule has 2 aromatic rings. The number of hydrogen-bond acceptors (Lipinski definition) is 8. The number of nitrogens with one attached hydrogen (secondary N) is 2. The van der Waals surface area contributed by atoms with Crippen LogP contribution in [-0.2, 0) is 19.6 Å². The number of rotatable bonds is 8. The van der Waals surface area contributed by atoms with Gasteiger partial charge in [0, 0.05) is 19.2 Å². The van der Waals surface area contributed by atoms with Gasteiger partial charge in [0.25, 0.3) is 0 Å². The molecule has 1 fully saturated rings. The van der Waals surface area contributed by atoms with Gasteiger partial charge in [-0.05, 0) is 32.0 Å². The zero-order valence-electron chi connectivity index (χ0n) is 16.3. The zero-order valence-corrected chi connectivity index (χ0v) is 17.1. The Kier molecular flexibility index (Phi) is 6.72. The van der Waals surface area contributed by atoms with Gasteiger partial charge in [-0.2, -0.15) is 4.31 Å². The molecule has 0 unspecified atom stereocenters. The molecule has 1 amide bonds.